The number of hydrogen-bond acceptors (Lipinski definition) is 3. The lowest BCUT2D eigenvalue weighted by Crippen LogP contribution is -2.02. The molecule has 0 saturated carbocycles. The molecule has 2 rings (SSSR count). The van der Waals surface area contributed by atoms with Gasteiger partial charge in [0, 0.05) is 22.7 Å². The second-order valence-corrected chi connectivity index (χ2v) is 4.35. The van der Waals surface area contributed by atoms with Gasteiger partial charge in [-0.1, -0.05) is 11.6 Å². The Morgan fingerprint density at radius 1 is 1.28 bits per heavy atom. The monoisotopic (exact) mass is 266 g/mol. The van der Waals surface area contributed by atoms with Gasteiger partial charge in [0.1, 0.15) is 11.6 Å². The zero-order valence-corrected chi connectivity index (χ0v) is 10.6. The molecule has 3 nitrogen and oxygen atoms in total. The molecule has 0 saturated heterocycles. The van der Waals surface area contributed by atoms with Gasteiger partial charge in [0.2, 0.25) is 0 Å². The third-order valence-electron chi connectivity index (χ3n) is 2.44. The van der Waals surface area contributed by atoms with Crippen LogP contribution in [-0.2, 0) is 6.42 Å². The van der Waals surface area contributed by atoms with Crippen LogP contribution in [0.1, 0.15) is 11.5 Å². The summed E-state index contributed by atoms with van der Waals surface area (Å²) < 4.78 is 13.7. The third-order valence-corrected chi connectivity index (χ3v) is 2.68. The van der Waals surface area contributed by atoms with E-state index in [0.29, 0.717) is 28.5 Å². The van der Waals surface area contributed by atoms with Crippen LogP contribution in [0.3, 0.4) is 0 Å². The molecule has 2 aromatic rings. The van der Waals surface area contributed by atoms with Gasteiger partial charge >= 0.3 is 0 Å². The highest BCUT2D eigenvalue weighted by Gasteiger charge is 2.10. The van der Waals surface area contributed by atoms with Crippen LogP contribution >= 0.6 is 11.6 Å². The molecule has 0 unspecified atom stereocenters. The lowest BCUT2D eigenvalue weighted by Gasteiger charge is -2.07. The molecule has 0 amide bonds. The molecular weight excluding hydrogens is 255 g/mol. The molecule has 18 heavy (non-hydrogen) atoms. The number of halogens is 2. The molecule has 5 heteroatoms. The van der Waals surface area contributed by atoms with Gasteiger partial charge in [-0.05, 0) is 31.2 Å². The van der Waals surface area contributed by atoms with Crippen molar-refractivity contribution < 1.29 is 9.50 Å². The van der Waals surface area contributed by atoms with Crippen LogP contribution in [0, 0.1) is 12.7 Å². The van der Waals surface area contributed by atoms with Crippen molar-refractivity contribution in [2.24, 2.45) is 0 Å². The fourth-order valence-corrected chi connectivity index (χ4v) is 1.85. The minimum Gasteiger partial charge on any atom is -0.396 e. The van der Waals surface area contributed by atoms with Gasteiger partial charge in [0.05, 0.1) is 12.3 Å². The van der Waals surface area contributed by atoms with Crippen molar-refractivity contribution in [3.05, 3.63) is 46.6 Å². The van der Waals surface area contributed by atoms with E-state index in [1.807, 2.05) is 0 Å². The molecule has 1 N–H and O–H groups in total. The zero-order valence-electron chi connectivity index (χ0n) is 9.82. The van der Waals surface area contributed by atoms with Crippen molar-refractivity contribution in [1.29, 1.82) is 0 Å². The van der Waals surface area contributed by atoms with E-state index in [1.165, 1.54) is 18.2 Å². The van der Waals surface area contributed by atoms with Crippen LogP contribution in [0.5, 0.6) is 0 Å². The van der Waals surface area contributed by atoms with E-state index in [2.05, 4.69) is 9.97 Å². The van der Waals surface area contributed by atoms with Crippen molar-refractivity contribution in [1.82, 2.24) is 9.97 Å². The van der Waals surface area contributed by atoms with Gasteiger partial charge in [-0.15, -0.1) is 0 Å². The highest BCUT2D eigenvalue weighted by molar-refractivity contribution is 6.30. The number of rotatable bonds is 3. The van der Waals surface area contributed by atoms with Crippen LogP contribution in [0.4, 0.5) is 4.39 Å². The Balaban J connectivity index is 2.52. The number of hydrogen-bond donors (Lipinski definition) is 1. The summed E-state index contributed by atoms with van der Waals surface area (Å²) in [5.41, 5.74) is 1.54. The number of nitrogens with zero attached hydrogens (tertiary/aromatic N) is 2. The highest BCUT2D eigenvalue weighted by atomic mass is 35.5. The van der Waals surface area contributed by atoms with E-state index in [-0.39, 0.29) is 12.4 Å². The second kappa shape index (κ2) is 5.42. The molecule has 0 radical (unpaired) electrons. The third kappa shape index (κ3) is 2.83. The summed E-state index contributed by atoms with van der Waals surface area (Å²) in [7, 11) is 0. The maximum Gasteiger partial charge on any atom is 0.132 e. The maximum absolute atomic E-state index is 13.7. The van der Waals surface area contributed by atoms with E-state index in [1.54, 1.807) is 13.0 Å². The fourth-order valence-electron chi connectivity index (χ4n) is 1.67. The standard InChI is InChI=1S/C13H12ClFN2O/c1-8-6-12(17-13(16-8)4-5-18)10-7-9(14)2-3-11(10)15/h2-3,6-7,18H,4-5H2,1H3. The van der Waals surface area contributed by atoms with E-state index in [4.69, 9.17) is 16.7 Å². The van der Waals surface area contributed by atoms with Crippen molar-refractivity contribution in [3.63, 3.8) is 0 Å². The molecule has 0 bridgehead atoms. The van der Waals surface area contributed by atoms with Crippen LogP contribution in [0.25, 0.3) is 11.3 Å². The van der Waals surface area contributed by atoms with Crippen LogP contribution < -0.4 is 0 Å². The molecular formula is C13H12ClFN2O. The molecule has 0 spiro atoms. The number of aromatic nitrogens is 2. The Hall–Kier alpha value is -1.52. The van der Waals surface area contributed by atoms with Gasteiger partial charge in [-0.25, -0.2) is 14.4 Å². The summed E-state index contributed by atoms with van der Waals surface area (Å²) in [6.07, 6.45) is 0.344. The maximum atomic E-state index is 13.7. The Bertz CT molecular complexity index is 575. The molecule has 1 aromatic carbocycles. The molecule has 0 aliphatic rings. The van der Waals surface area contributed by atoms with E-state index in [9.17, 15) is 4.39 Å². The van der Waals surface area contributed by atoms with Crippen LogP contribution in [0.15, 0.2) is 24.3 Å². The average Bonchev–Trinajstić information content (AvgIpc) is 2.32. The topological polar surface area (TPSA) is 46.0 Å². The molecule has 1 aromatic heterocycles. The largest absolute Gasteiger partial charge is 0.396 e. The Morgan fingerprint density at radius 3 is 2.78 bits per heavy atom. The summed E-state index contributed by atoms with van der Waals surface area (Å²) in [5.74, 6) is 0.110. The molecule has 0 atom stereocenters. The zero-order chi connectivity index (χ0) is 13.1. The lowest BCUT2D eigenvalue weighted by molar-refractivity contribution is 0.296. The second-order valence-electron chi connectivity index (χ2n) is 3.91. The number of aryl methyl sites for hydroxylation is 1. The first-order chi connectivity index (χ1) is 8.60. The predicted octanol–water partition coefficient (Wildman–Crippen LogP) is 2.78. The van der Waals surface area contributed by atoms with E-state index < -0.39 is 0 Å². The molecule has 0 aliphatic carbocycles. The SMILES string of the molecule is Cc1cc(-c2cc(Cl)ccc2F)nc(CCO)n1. The van der Waals surface area contributed by atoms with Gasteiger partial charge in [0.15, 0.2) is 0 Å². The Labute approximate surface area is 109 Å². The first kappa shape index (κ1) is 12.9. The van der Waals surface area contributed by atoms with Crippen molar-refractivity contribution in [2.45, 2.75) is 13.3 Å². The summed E-state index contributed by atoms with van der Waals surface area (Å²) in [6, 6.07) is 6.01. The van der Waals surface area contributed by atoms with Crippen molar-refractivity contribution in [2.75, 3.05) is 6.61 Å². The van der Waals surface area contributed by atoms with Crippen LogP contribution in [0.2, 0.25) is 5.02 Å². The van der Waals surface area contributed by atoms with Crippen LogP contribution in [-0.4, -0.2) is 21.7 Å². The molecule has 0 aliphatic heterocycles. The summed E-state index contributed by atoms with van der Waals surface area (Å²) in [4.78, 5) is 8.40. The smallest absolute Gasteiger partial charge is 0.132 e. The summed E-state index contributed by atoms with van der Waals surface area (Å²) >= 11 is 5.86. The number of aliphatic hydroxyl groups is 1. The number of benzene rings is 1. The predicted molar refractivity (Wildman–Crippen MR) is 68.0 cm³/mol. The first-order valence-electron chi connectivity index (χ1n) is 5.51. The van der Waals surface area contributed by atoms with Gasteiger partial charge in [-0.2, -0.15) is 0 Å². The fraction of sp³-hybridized carbons (Fsp3) is 0.231. The van der Waals surface area contributed by atoms with Crippen molar-refractivity contribution >= 4 is 11.6 Å². The molecule has 0 fully saturated rings. The van der Waals surface area contributed by atoms with Gasteiger partial charge in [0.25, 0.3) is 0 Å². The molecule has 1 heterocycles. The normalized spacial score (nSPS) is 10.7. The summed E-state index contributed by atoms with van der Waals surface area (Å²) in [6.45, 7) is 1.76. The average molecular weight is 267 g/mol. The lowest BCUT2D eigenvalue weighted by atomic mass is 10.1. The Kier molecular flexibility index (Phi) is 3.89. The van der Waals surface area contributed by atoms with E-state index in [0.717, 1.165) is 5.69 Å². The van der Waals surface area contributed by atoms with Gasteiger partial charge < -0.3 is 5.11 Å². The van der Waals surface area contributed by atoms with Crippen molar-refractivity contribution in [3.8, 4) is 11.3 Å². The molecule has 94 valence electrons. The van der Waals surface area contributed by atoms with Gasteiger partial charge in [-0.3, -0.25) is 0 Å². The highest BCUT2D eigenvalue weighted by Crippen LogP contribution is 2.25. The summed E-state index contributed by atoms with van der Waals surface area (Å²) in [5, 5.41) is 9.35. The van der Waals surface area contributed by atoms with E-state index >= 15 is 0 Å². The Morgan fingerprint density at radius 2 is 2.06 bits per heavy atom. The minimum absolute atomic E-state index is 0.0408. The quantitative estimate of drug-likeness (QED) is 0.929. The minimum atomic E-state index is -0.382. The first-order valence-corrected chi connectivity index (χ1v) is 5.89. The number of aliphatic hydroxyl groups excluding tert-OH is 1.